The number of hydrogen-bond acceptors (Lipinski definition) is 2. The average Bonchev–Trinajstić information content (AvgIpc) is 2.81. The summed E-state index contributed by atoms with van der Waals surface area (Å²) in [5, 5.41) is 14.0. The van der Waals surface area contributed by atoms with Gasteiger partial charge in [0.1, 0.15) is 5.75 Å². The molecule has 0 amide bonds. The number of nitrogens with one attached hydrogen (secondary N) is 1. The summed E-state index contributed by atoms with van der Waals surface area (Å²) in [5.74, 6) is 0.351. The lowest BCUT2D eigenvalue weighted by atomic mass is 10.0. The Morgan fingerprint density at radius 1 is 1.25 bits per heavy atom. The number of rotatable bonds is 3. The molecule has 2 aromatic rings. The van der Waals surface area contributed by atoms with Crippen molar-refractivity contribution in [2.45, 2.75) is 31.8 Å². The van der Waals surface area contributed by atoms with E-state index in [1.54, 1.807) is 6.07 Å². The molecule has 0 heterocycles. The van der Waals surface area contributed by atoms with Crippen LogP contribution < -0.4 is 5.32 Å². The van der Waals surface area contributed by atoms with Crippen molar-refractivity contribution in [3.05, 3.63) is 64.2 Å². The summed E-state index contributed by atoms with van der Waals surface area (Å²) in [4.78, 5) is 0. The number of phenolic OH excluding ortho intramolecular Hbond substituents is 1. The van der Waals surface area contributed by atoms with E-state index in [1.807, 2.05) is 30.3 Å². The SMILES string of the molecule is C[C@@H](NC1CCc2cc(O)ccc21)c1ccccc1Cl. The van der Waals surface area contributed by atoms with Gasteiger partial charge in [0.15, 0.2) is 0 Å². The van der Waals surface area contributed by atoms with Crippen LogP contribution in [0.15, 0.2) is 42.5 Å². The number of hydrogen-bond donors (Lipinski definition) is 2. The molecule has 2 N–H and O–H groups in total. The number of aryl methyl sites for hydroxylation is 1. The van der Waals surface area contributed by atoms with Crippen LogP contribution in [0.1, 0.15) is 42.1 Å². The van der Waals surface area contributed by atoms with Gasteiger partial charge in [-0.25, -0.2) is 0 Å². The van der Waals surface area contributed by atoms with Crippen molar-refractivity contribution in [2.75, 3.05) is 0 Å². The maximum atomic E-state index is 9.54. The summed E-state index contributed by atoms with van der Waals surface area (Å²) in [5.41, 5.74) is 3.66. The van der Waals surface area contributed by atoms with E-state index in [0.29, 0.717) is 11.8 Å². The molecule has 1 aliphatic rings. The van der Waals surface area contributed by atoms with Crippen LogP contribution in [0.25, 0.3) is 0 Å². The number of fused-ring (bicyclic) bond motifs is 1. The third-order valence-corrected chi connectivity index (χ3v) is 4.37. The Balaban J connectivity index is 1.79. The first-order valence-electron chi connectivity index (χ1n) is 6.97. The van der Waals surface area contributed by atoms with E-state index in [1.165, 1.54) is 11.1 Å². The molecule has 0 aliphatic heterocycles. The molecule has 0 aromatic heterocycles. The number of phenols is 1. The Morgan fingerprint density at radius 3 is 2.85 bits per heavy atom. The van der Waals surface area contributed by atoms with E-state index in [4.69, 9.17) is 11.6 Å². The van der Waals surface area contributed by atoms with Crippen LogP contribution in [0.4, 0.5) is 0 Å². The quantitative estimate of drug-likeness (QED) is 0.878. The van der Waals surface area contributed by atoms with Crippen molar-refractivity contribution in [2.24, 2.45) is 0 Å². The Hall–Kier alpha value is -1.51. The smallest absolute Gasteiger partial charge is 0.115 e. The number of halogens is 1. The third kappa shape index (κ3) is 2.54. The van der Waals surface area contributed by atoms with Gasteiger partial charge in [-0.15, -0.1) is 0 Å². The number of benzene rings is 2. The minimum absolute atomic E-state index is 0.202. The molecule has 1 aliphatic carbocycles. The average molecular weight is 288 g/mol. The van der Waals surface area contributed by atoms with Crippen molar-refractivity contribution in [3.8, 4) is 5.75 Å². The summed E-state index contributed by atoms with van der Waals surface area (Å²) in [7, 11) is 0. The zero-order valence-corrected chi connectivity index (χ0v) is 12.2. The van der Waals surface area contributed by atoms with Crippen LogP contribution >= 0.6 is 11.6 Å². The summed E-state index contributed by atoms with van der Waals surface area (Å²) < 4.78 is 0. The highest BCUT2D eigenvalue weighted by Gasteiger charge is 2.24. The van der Waals surface area contributed by atoms with E-state index in [9.17, 15) is 5.11 Å². The molecular formula is C17H18ClNO. The molecule has 0 saturated carbocycles. The lowest BCUT2D eigenvalue weighted by molar-refractivity contribution is 0.464. The topological polar surface area (TPSA) is 32.3 Å². The molecule has 3 rings (SSSR count). The standard InChI is InChI=1S/C17H18ClNO/c1-11(14-4-2-3-5-16(14)18)19-17-9-6-12-10-13(20)7-8-15(12)17/h2-5,7-8,10-11,17,19-20H,6,9H2,1H3/t11-,17?/m1/s1. The van der Waals surface area contributed by atoms with Gasteiger partial charge in [0.2, 0.25) is 0 Å². The Kier molecular flexibility index (Phi) is 3.68. The molecule has 0 fully saturated rings. The van der Waals surface area contributed by atoms with Crippen molar-refractivity contribution in [3.63, 3.8) is 0 Å². The van der Waals surface area contributed by atoms with Gasteiger partial charge in [-0.05, 0) is 54.7 Å². The number of aromatic hydroxyl groups is 1. The van der Waals surface area contributed by atoms with Crippen LogP contribution in [0.2, 0.25) is 5.02 Å². The molecule has 0 bridgehead atoms. The molecule has 3 heteroatoms. The summed E-state index contributed by atoms with van der Waals surface area (Å²) in [6.07, 6.45) is 2.07. The van der Waals surface area contributed by atoms with Crippen LogP contribution in [-0.2, 0) is 6.42 Å². The highest BCUT2D eigenvalue weighted by Crippen LogP contribution is 2.35. The molecule has 0 radical (unpaired) electrons. The molecule has 2 atom stereocenters. The van der Waals surface area contributed by atoms with Gasteiger partial charge >= 0.3 is 0 Å². The zero-order chi connectivity index (χ0) is 14.1. The third-order valence-electron chi connectivity index (χ3n) is 4.03. The van der Waals surface area contributed by atoms with Crippen molar-refractivity contribution < 1.29 is 5.11 Å². The fourth-order valence-electron chi connectivity index (χ4n) is 2.99. The monoisotopic (exact) mass is 287 g/mol. The molecular weight excluding hydrogens is 270 g/mol. The molecule has 20 heavy (non-hydrogen) atoms. The Labute approximate surface area is 124 Å². The second kappa shape index (κ2) is 5.47. The Morgan fingerprint density at radius 2 is 2.05 bits per heavy atom. The predicted octanol–water partition coefficient (Wildman–Crippen LogP) is 4.38. The highest BCUT2D eigenvalue weighted by atomic mass is 35.5. The summed E-state index contributed by atoms with van der Waals surface area (Å²) in [6, 6.07) is 14.1. The lowest BCUT2D eigenvalue weighted by Crippen LogP contribution is -2.23. The first kappa shape index (κ1) is 13.5. The maximum absolute atomic E-state index is 9.54. The van der Waals surface area contributed by atoms with Gasteiger partial charge < -0.3 is 10.4 Å². The van der Waals surface area contributed by atoms with Crippen molar-refractivity contribution in [1.29, 1.82) is 0 Å². The van der Waals surface area contributed by atoms with Crippen LogP contribution in [0, 0.1) is 0 Å². The fraction of sp³-hybridized carbons (Fsp3) is 0.294. The molecule has 2 aromatic carbocycles. The van der Waals surface area contributed by atoms with Crippen LogP contribution in [0.5, 0.6) is 5.75 Å². The summed E-state index contributed by atoms with van der Waals surface area (Å²) in [6.45, 7) is 2.14. The van der Waals surface area contributed by atoms with Gasteiger partial charge in [0.05, 0.1) is 0 Å². The van der Waals surface area contributed by atoms with Gasteiger partial charge in [-0.1, -0.05) is 35.9 Å². The van der Waals surface area contributed by atoms with Crippen LogP contribution in [0.3, 0.4) is 0 Å². The van der Waals surface area contributed by atoms with E-state index in [0.717, 1.165) is 23.4 Å². The first-order valence-corrected chi connectivity index (χ1v) is 7.35. The molecule has 0 spiro atoms. The minimum Gasteiger partial charge on any atom is -0.508 e. The fourth-order valence-corrected chi connectivity index (χ4v) is 3.29. The van der Waals surface area contributed by atoms with Crippen molar-refractivity contribution in [1.82, 2.24) is 5.32 Å². The first-order chi connectivity index (χ1) is 9.65. The van der Waals surface area contributed by atoms with E-state index < -0.39 is 0 Å². The van der Waals surface area contributed by atoms with E-state index in [2.05, 4.69) is 18.3 Å². The molecule has 0 saturated heterocycles. The Bertz CT molecular complexity index is 626. The molecule has 104 valence electrons. The zero-order valence-electron chi connectivity index (χ0n) is 11.4. The minimum atomic E-state index is 0.202. The molecule has 2 nitrogen and oxygen atoms in total. The van der Waals surface area contributed by atoms with Crippen molar-refractivity contribution >= 4 is 11.6 Å². The predicted molar refractivity (Wildman–Crippen MR) is 82.2 cm³/mol. The summed E-state index contributed by atoms with van der Waals surface area (Å²) >= 11 is 6.25. The van der Waals surface area contributed by atoms with Gasteiger partial charge in [0, 0.05) is 17.1 Å². The molecule has 1 unspecified atom stereocenters. The van der Waals surface area contributed by atoms with Gasteiger partial charge in [-0.2, -0.15) is 0 Å². The lowest BCUT2D eigenvalue weighted by Gasteiger charge is -2.21. The van der Waals surface area contributed by atoms with Gasteiger partial charge in [0.25, 0.3) is 0 Å². The second-order valence-electron chi connectivity index (χ2n) is 5.38. The largest absolute Gasteiger partial charge is 0.508 e. The highest BCUT2D eigenvalue weighted by molar-refractivity contribution is 6.31. The second-order valence-corrected chi connectivity index (χ2v) is 5.79. The normalized spacial score (nSPS) is 18.8. The van der Waals surface area contributed by atoms with Crippen LogP contribution in [-0.4, -0.2) is 5.11 Å². The maximum Gasteiger partial charge on any atom is 0.115 e. The van der Waals surface area contributed by atoms with Gasteiger partial charge in [-0.3, -0.25) is 0 Å². The van der Waals surface area contributed by atoms with E-state index >= 15 is 0 Å². The van der Waals surface area contributed by atoms with E-state index in [-0.39, 0.29) is 6.04 Å².